The number of nitrogen functional groups attached to an aromatic ring is 1. The Morgan fingerprint density at radius 3 is 2.27 bits per heavy atom. The minimum atomic E-state index is 0.508. The highest BCUT2D eigenvalue weighted by atomic mass is 16.5. The summed E-state index contributed by atoms with van der Waals surface area (Å²) in [5, 5.41) is 9.88. The summed E-state index contributed by atoms with van der Waals surface area (Å²) in [5.41, 5.74) is 8.69. The molecule has 1 rings (SSSR count). The van der Waals surface area contributed by atoms with E-state index in [0.29, 0.717) is 18.3 Å². The number of ether oxygens (including phenoxy) is 1. The number of nitrogens with zero attached hydrogens (tertiary/aromatic N) is 2. The van der Waals surface area contributed by atoms with Crippen LogP contribution >= 0.6 is 0 Å². The van der Waals surface area contributed by atoms with Crippen molar-refractivity contribution < 1.29 is 4.74 Å². The van der Waals surface area contributed by atoms with Crippen LogP contribution in [0.2, 0.25) is 0 Å². The van der Waals surface area contributed by atoms with Gasteiger partial charge in [0.05, 0.1) is 0 Å². The van der Waals surface area contributed by atoms with Gasteiger partial charge in [0.1, 0.15) is 12.4 Å². The molecule has 0 atom stereocenters. The van der Waals surface area contributed by atoms with Gasteiger partial charge in [-0.15, -0.1) is 0 Å². The molecule has 30 heavy (non-hydrogen) atoms. The van der Waals surface area contributed by atoms with Gasteiger partial charge in [0.2, 0.25) is 5.88 Å². The van der Waals surface area contributed by atoms with Crippen molar-refractivity contribution >= 4 is 17.7 Å². The second-order valence-corrected chi connectivity index (χ2v) is 6.37. The molecule has 0 aromatic carbocycles. The monoisotopic (exact) mass is 417 g/mol. The highest BCUT2D eigenvalue weighted by Crippen LogP contribution is 2.23. The SMILES string of the molecule is C=C/C(C=N)=C\C(=C)C.CC.CCCN(CCC)c1cc(N)nc(OCCNC)c1. The van der Waals surface area contributed by atoms with E-state index in [2.05, 4.69) is 42.2 Å². The van der Waals surface area contributed by atoms with Crippen molar-refractivity contribution in [2.45, 2.75) is 47.5 Å². The van der Waals surface area contributed by atoms with Crippen molar-refractivity contribution in [1.82, 2.24) is 10.3 Å². The number of anilines is 2. The van der Waals surface area contributed by atoms with Crippen molar-refractivity contribution in [2.24, 2.45) is 0 Å². The van der Waals surface area contributed by atoms with E-state index >= 15 is 0 Å². The largest absolute Gasteiger partial charge is 0.476 e. The number of pyridine rings is 1. The third kappa shape index (κ3) is 14.4. The molecule has 170 valence electrons. The van der Waals surface area contributed by atoms with Gasteiger partial charge >= 0.3 is 0 Å². The number of nitrogens with two attached hydrogens (primary N) is 1. The second kappa shape index (κ2) is 19.7. The van der Waals surface area contributed by atoms with Crippen molar-refractivity contribution in [3.05, 3.63) is 48.6 Å². The normalized spacial score (nSPS) is 10.0. The van der Waals surface area contributed by atoms with Crippen molar-refractivity contribution in [3.63, 3.8) is 0 Å². The van der Waals surface area contributed by atoms with Gasteiger partial charge in [-0.1, -0.05) is 58.6 Å². The lowest BCUT2D eigenvalue weighted by molar-refractivity contribution is 0.307. The molecular weight excluding hydrogens is 374 g/mol. The smallest absolute Gasteiger partial charge is 0.217 e. The van der Waals surface area contributed by atoms with Crippen LogP contribution in [-0.2, 0) is 0 Å². The van der Waals surface area contributed by atoms with E-state index in [9.17, 15) is 0 Å². The average molecular weight is 418 g/mol. The van der Waals surface area contributed by atoms with Crippen LogP contribution in [0.15, 0.2) is 48.6 Å². The maximum Gasteiger partial charge on any atom is 0.217 e. The number of hydrogen-bond acceptors (Lipinski definition) is 6. The maximum atomic E-state index is 6.85. The molecule has 0 fully saturated rings. The highest BCUT2D eigenvalue weighted by molar-refractivity contribution is 5.80. The molecule has 6 heteroatoms. The summed E-state index contributed by atoms with van der Waals surface area (Å²) in [6, 6.07) is 3.88. The van der Waals surface area contributed by atoms with Gasteiger partial charge in [0.15, 0.2) is 0 Å². The van der Waals surface area contributed by atoms with Crippen LogP contribution in [-0.4, -0.2) is 44.5 Å². The number of aromatic nitrogens is 1. The molecule has 0 amide bonds. The van der Waals surface area contributed by atoms with Gasteiger partial charge in [-0.2, -0.15) is 4.98 Å². The van der Waals surface area contributed by atoms with Crippen LogP contribution in [0.3, 0.4) is 0 Å². The molecule has 6 nitrogen and oxygen atoms in total. The zero-order valence-electron chi connectivity index (χ0n) is 19.9. The van der Waals surface area contributed by atoms with E-state index in [-0.39, 0.29) is 0 Å². The molecule has 1 heterocycles. The Kier molecular flexibility index (Phi) is 19.4. The molecule has 0 spiro atoms. The molecule has 0 aliphatic carbocycles. The summed E-state index contributed by atoms with van der Waals surface area (Å²) in [6.07, 6.45) is 6.90. The van der Waals surface area contributed by atoms with E-state index in [1.165, 1.54) is 6.21 Å². The van der Waals surface area contributed by atoms with Gasteiger partial charge in [0, 0.05) is 43.7 Å². The molecule has 1 aromatic rings. The molecule has 0 bridgehead atoms. The topological polar surface area (TPSA) is 87.3 Å². The highest BCUT2D eigenvalue weighted by Gasteiger charge is 2.08. The Balaban J connectivity index is 0. The fourth-order valence-corrected chi connectivity index (χ4v) is 2.38. The molecule has 0 radical (unpaired) electrons. The van der Waals surface area contributed by atoms with E-state index < -0.39 is 0 Å². The Morgan fingerprint density at radius 1 is 1.27 bits per heavy atom. The van der Waals surface area contributed by atoms with Crippen LogP contribution in [0.1, 0.15) is 47.5 Å². The minimum Gasteiger partial charge on any atom is -0.476 e. The number of likely N-dealkylation sites (N-methyl/N-ethyl adjacent to an activating group) is 1. The van der Waals surface area contributed by atoms with E-state index in [4.69, 9.17) is 15.9 Å². The number of rotatable bonds is 12. The van der Waals surface area contributed by atoms with Gasteiger partial charge in [-0.05, 0) is 32.4 Å². The first-order valence-electron chi connectivity index (χ1n) is 10.7. The number of hydrogen-bond donors (Lipinski definition) is 3. The predicted octanol–water partition coefficient (Wildman–Crippen LogP) is 5.24. The van der Waals surface area contributed by atoms with E-state index in [1.807, 2.05) is 40.0 Å². The number of allylic oxidation sites excluding steroid dienone is 4. The predicted molar refractivity (Wildman–Crippen MR) is 134 cm³/mol. The Labute approximate surface area is 184 Å². The molecule has 0 saturated heterocycles. The van der Waals surface area contributed by atoms with E-state index in [0.717, 1.165) is 49.3 Å². The molecule has 0 saturated carbocycles. The third-order valence-corrected chi connectivity index (χ3v) is 3.58. The quantitative estimate of drug-likeness (QED) is 0.246. The summed E-state index contributed by atoms with van der Waals surface area (Å²) in [5.74, 6) is 1.11. The van der Waals surface area contributed by atoms with Gasteiger partial charge < -0.3 is 26.1 Å². The summed E-state index contributed by atoms with van der Waals surface area (Å²) in [7, 11) is 1.89. The molecule has 0 aliphatic heterocycles. The summed E-state index contributed by atoms with van der Waals surface area (Å²) in [6.45, 7) is 20.9. The Hall–Kier alpha value is -2.60. The fraction of sp³-hybridized carbons (Fsp3) is 0.500. The van der Waals surface area contributed by atoms with Crippen molar-refractivity contribution in [3.8, 4) is 5.88 Å². The second-order valence-electron chi connectivity index (χ2n) is 6.37. The third-order valence-electron chi connectivity index (χ3n) is 3.58. The Bertz CT molecular complexity index is 624. The Morgan fingerprint density at radius 2 is 1.87 bits per heavy atom. The molecule has 0 unspecified atom stereocenters. The van der Waals surface area contributed by atoms with Crippen LogP contribution < -0.4 is 20.7 Å². The lowest BCUT2D eigenvalue weighted by Crippen LogP contribution is -2.25. The number of nitrogens with one attached hydrogen (secondary N) is 2. The fourth-order valence-electron chi connectivity index (χ4n) is 2.38. The zero-order chi connectivity index (χ0) is 23.4. The first-order chi connectivity index (χ1) is 14.4. The lowest BCUT2D eigenvalue weighted by Gasteiger charge is -2.24. The average Bonchev–Trinajstić information content (AvgIpc) is 2.73. The standard InChI is InChI=1S/C14H26N4O.C8H11N.C2H6/c1-4-7-18(8-5-2)12-10-13(15)17-14(11-12)19-9-6-16-3;1-4-8(6-9)5-7(2)3;1-2/h10-11,16H,4-9H2,1-3H3,(H2,15,17);4-6,9H,1-2H2,3H3;1-2H3/b;8-5+,9-6?;. The van der Waals surface area contributed by atoms with Crippen LogP contribution in [0.25, 0.3) is 0 Å². The molecular formula is C24H43N5O. The molecule has 0 aliphatic rings. The van der Waals surface area contributed by atoms with Crippen LogP contribution in [0.4, 0.5) is 11.5 Å². The van der Waals surface area contributed by atoms with Crippen LogP contribution in [0, 0.1) is 5.41 Å². The minimum absolute atomic E-state index is 0.508. The molecule has 1 aromatic heterocycles. The van der Waals surface area contributed by atoms with Gasteiger partial charge in [-0.3, -0.25) is 0 Å². The van der Waals surface area contributed by atoms with Crippen molar-refractivity contribution in [2.75, 3.05) is 43.9 Å². The van der Waals surface area contributed by atoms with Crippen molar-refractivity contribution in [1.29, 1.82) is 5.41 Å². The summed E-state index contributed by atoms with van der Waals surface area (Å²) in [4.78, 5) is 6.53. The first kappa shape index (κ1) is 29.6. The molecule has 4 N–H and O–H groups in total. The first-order valence-corrected chi connectivity index (χ1v) is 10.7. The zero-order valence-corrected chi connectivity index (χ0v) is 19.9. The van der Waals surface area contributed by atoms with Gasteiger partial charge in [-0.25, -0.2) is 0 Å². The lowest BCUT2D eigenvalue weighted by atomic mass is 10.2. The maximum absolute atomic E-state index is 6.85. The van der Waals surface area contributed by atoms with Crippen LogP contribution in [0.5, 0.6) is 5.88 Å². The summed E-state index contributed by atoms with van der Waals surface area (Å²) >= 11 is 0. The van der Waals surface area contributed by atoms with E-state index in [1.54, 1.807) is 12.2 Å². The van der Waals surface area contributed by atoms with Gasteiger partial charge in [0.25, 0.3) is 0 Å². The summed E-state index contributed by atoms with van der Waals surface area (Å²) < 4.78 is 5.59.